The monoisotopic (exact) mass is 255 g/mol. The average molecular weight is 255 g/mol. The van der Waals surface area contributed by atoms with Gasteiger partial charge in [0.05, 0.1) is 12.7 Å². The van der Waals surface area contributed by atoms with Crippen LogP contribution in [0.2, 0.25) is 0 Å². The van der Waals surface area contributed by atoms with Gasteiger partial charge in [-0.25, -0.2) is 0 Å². The molecule has 0 radical (unpaired) electrons. The van der Waals surface area contributed by atoms with E-state index in [1.165, 1.54) is 19.3 Å². The maximum atomic E-state index is 11.8. The predicted octanol–water partition coefficient (Wildman–Crippen LogP) is 1.18. The van der Waals surface area contributed by atoms with Crippen LogP contribution in [0.1, 0.15) is 33.1 Å². The van der Waals surface area contributed by atoms with Crippen LogP contribution in [0, 0.1) is 23.7 Å². The number of ether oxygens (including phenoxy) is 1. The summed E-state index contributed by atoms with van der Waals surface area (Å²) in [5.41, 5.74) is 0. The standard InChI is InChI=1S/C14H25NO3/c1-9(2)7-18-8-10(16)6-15-14(17)13-11-4-3-5-12(11)13/h9-13,16H,3-8H2,1-2H3,(H,15,17). The number of carbonyl (C=O) groups is 1. The van der Waals surface area contributed by atoms with Gasteiger partial charge in [0, 0.05) is 19.1 Å². The molecule has 0 saturated heterocycles. The quantitative estimate of drug-likeness (QED) is 0.718. The Balaban J connectivity index is 1.55. The first-order valence-corrected chi connectivity index (χ1v) is 7.13. The molecule has 2 aliphatic rings. The first-order valence-electron chi connectivity index (χ1n) is 7.13. The number of aliphatic hydroxyl groups excluding tert-OH is 1. The second kappa shape index (κ2) is 6.02. The van der Waals surface area contributed by atoms with Gasteiger partial charge in [0.15, 0.2) is 0 Å². The Morgan fingerprint density at radius 3 is 2.61 bits per heavy atom. The number of hydrogen-bond donors (Lipinski definition) is 2. The summed E-state index contributed by atoms with van der Waals surface area (Å²) in [6, 6.07) is 0. The van der Waals surface area contributed by atoms with E-state index in [-0.39, 0.29) is 11.8 Å². The van der Waals surface area contributed by atoms with E-state index in [4.69, 9.17) is 4.74 Å². The third kappa shape index (κ3) is 3.45. The molecule has 2 N–H and O–H groups in total. The maximum absolute atomic E-state index is 11.8. The van der Waals surface area contributed by atoms with Gasteiger partial charge in [0.2, 0.25) is 5.91 Å². The number of nitrogens with one attached hydrogen (secondary N) is 1. The van der Waals surface area contributed by atoms with Gasteiger partial charge in [0.25, 0.3) is 0 Å². The number of amides is 1. The summed E-state index contributed by atoms with van der Waals surface area (Å²) in [5, 5.41) is 12.5. The molecular weight excluding hydrogens is 230 g/mol. The molecule has 4 nitrogen and oxygen atoms in total. The van der Waals surface area contributed by atoms with Crippen LogP contribution in [-0.4, -0.2) is 36.9 Å². The molecule has 3 atom stereocenters. The van der Waals surface area contributed by atoms with Crippen LogP contribution in [0.5, 0.6) is 0 Å². The molecule has 0 aromatic rings. The molecule has 2 rings (SSSR count). The smallest absolute Gasteiger partial charge is 0.223 e. The van der Waals surface area contributed by atoms with E-state index in [9.17, 15) is 9.90 Å². The zero-order chi connectivity index (χ0) is 13.1. The van der Waals surface area contributed by atoms with Crippen molar-refractivity contribution in [1.29, 1.82) is 0 Å². The van der Waals surface area contributed by atoms with Crippen LogP contribution in [0.4, 0.5) is 0 Å². The lowest BCUT2D eigenvalue weighted by atomic mass is 10.1. The van der Waals surface area contributed by atoms with Gasteiger partial charge in [-0.15, -0.1) is 0 Å². The molecule has 0 bridgehead atoms. The van der Waals surface area contributed by atoms with E-state index in [2.05, 4.69) is 19.2 Å². The third-order valence-corrected chi connectivity index (χ3v) is 3.98. The fourth-order valence-corrected chi connectivity index (χ4v) is 3.05. The molecule has 1 amide bonds. The predicted molar refractivity (Wildman–Crippen MR) is 69.0 cm³/mol. The van der Waals surface area contributed by atoms with Gasteiger partial charge < -0.3 is 15.2 Å². The SMILES string of the molecule is CC(C)COCC(O)CNC(=O)C1C2CCCC21. The molecule has 3 unspecified atom stereocenters. The zero-order valence-corrected chi connectivity index (χ0v) is 11.4. The summed E-state index contributed by atoms with van der Waals surface area (Å²) < 4.78 is 5.34. The Hall–Kier alpha value is -0.610. The average Bonchev–Trinajstić information content (AvgIpc) is 2.79. The maximum Gasteiger partial charge on any atom is 0.223 e. The third-order valence-electron chi connectivity index (χ3n) is 3.98. The molecule has 0 aromatic heterocycles. The Kier molecular flexibility index (Phi) is 4.62. The van der Waals surface area contributed by atoms with Crippen molar-refractivity contribution in [3.63, 3.8) is 0 Å². The number of rotatable bonds is 7. The number of carbonyl (C=O) groups excluding carboxylic acids is 1. The highest BCUT2D eigenvalue weighted by Gasteiger charge is 2.56. The van der Waals surface area contributed by atoms with E-state index in [0.717, 1.165) is 0 Å². The molecule has 0 aromatic carbocycles. The lowest BCUT2D eigenvalue weighted by molar-refractivity contribution is -0.123. The van der Waals surface area contributed by atoms with Crippen molar-refractivity contribution in [1.82, 2.24) is 5.32 Å². The summed E-state index contributed by atoms with van der Waals surface area (Å²) in [6.45, 7) is 5.40. The van der Waals surface area contributed by atoms with E-state index in [1.54, 1.807) is 0 Å². The van der Waals surface area contributed by atoms with Crippen molar-refractivity contribution < 1.29 is 14.6 Å². The van der Waals surface area contributed by atoms with Crippen LogP contribution in [-0.2, 0) is 9.53 Å². The molecule has 2 saturated carbocycles. The Bertz CT molecular complexity index is 283. The Morgan fingerprint density at radius 2 is 2.00 bits per heavy atom. The van der Waals surface area contributed by atoms with Crippen molar-refractivity contribution in [2.45, 2.75) is 39.2 Å². The molecular formula is C14H25NO3. The normalized spacial score (nSPS) is 31.2. The second-order valence-electron chi connectivity index (χ2n) is 6.11. The molecule has 2 fully saturated rings. The molecule has 0 aliphatic heterocycles. The lowest BCUT2D eigenvalue weighted by Gasteiger charge is -2.14. The topological polar surface area (TPSA) is 58.6 Å². The van der Waals surface area contributed by atoms with Crippen LogP contribution in [0.3, 0.4) is 0 Å². The van der Waals surface area contributed by atoms with Gasteiger partial charge >= 0.3 is 0 Å². The number of hydrogen-bond acceptors (Lipinski definition) is 3. The van der Waals surface area contributed by atoms with Crippen LogP contribution >= 0.6 is 0 Å². The van der Waals surface area contributed by atoms with Crippen LogP contribution in [0.25, 0.3) is 0 Å². The minimum atomic E-state index is -0.591. The lowest BCUT2D eigenvalue weighted by Crippen LogP contribution is -2.36. The first kappa shape index (κ1) is 13.8. The van der Waals surface area contributed by atoms with E-state index < -0.39 is 6.10 Å². The fourth-order valence-electron chi connectivity index (χ4n) is 3.05. The molecule has 0 heterocycles. The van der Waals surface area contributed by atoms with Crippen molar-refractivity contribution in [2.24, 2.45) is 23.7 Å². The second-order valence-corrected chi connectivity index (χ2v) is 6.11. The number of aliphatic hydroxyl groups is 1. The minimum Gasteiger partial charge on any atom is -0.389 e. The minimum absolute atomic E-state index is 0.132. The Labute approximate surface area is 109 Å². The highest BCUT2D eigenvalue weighted by molar-refractivity contribution is 5.82. The van der Waals surface area contributed by atoms with Crippen LogP contribution in [0.15, 0.2) is 0 Å². The highest BCUT2D eigenvalue weighted by Crippen LogP contribution is 2.57. The highest BCUT2D eigenvalue weighted by atomic mass is 16.5. The van der Waals surface area contributed by atoms with Crippen molar-refractivity contribution in [3.05, 3.63) is 0 Å². The van der Waals surface area contributed by atoms with Gasteiger partial charge in [-0.3, -0.25) is 4.79 Å². The van der Waals surface area contributed by atoms with Gasteiger partial charge in [-0.2, -0.15) is 0 Å². The zero-order valence-electron chi connectivity index (χ0n) is 11.4. The summed E-state index contributed by atoms with van der Waals surface area (Å²) in [4.78, 5) is 11.8. The van der Waals surface area contributed by atoms with Crippen molar-refractivity contribution in [2.75, 3.05) is 19.8 Å². The number of fused-ring (bicyclic) bond motifs is 1. The molecule has 18 heavy (non-hydrogen) atoms. The molecule has 0 spiro atoms. The summed E-state index contributed by atoms with van der Waals surface area (Å²) >= 11 is 0. The van der Waals surface area contributed by atoms with Crippen LogP contribution < -0.4 is 5.32 Å². The first-order chi connectivity index (χ1) is 8.59. The molecule has 2 aliphatic carbocycles. The van der Waals surface area contributed by atoms with Gasteiger partial charge in [-0.1, -0.05) is 20.3 Å². The summed E-state index contributed by atoms with van der Waals surface area (Å²) in [6.07, 6.45) is 3.11. The summed E-state index contributed by atoms with van der Waals surface area (Å²) in [7, 11) is 0. The molecule has 104 valence electrons. The summed E-state index contributed by atoms with van der Waals surface area (Å²) in [5.74, 6) is 2.12. The van der Waals surface area contributed by atoms with Gasteiger partial charge in [-0.05, 0) is 30.6 Å². The van der Waals surface area contributed by atoms with Crippen molar-refractivity contribution >= 4 is 5.91 Å². The van der Waals surface area contributed by atoms with E-state index in [1.807, 2.05) is 0 Å². The fraction of sp³-hybridized carbons (Fsp3) is 0.929. The Morgan fingerprint density at radius 1 is 1.33 bits per heavy atom. The largest absolute Gasteiger partial charge is 0.389 e. The van der Waals surface area contributed by atoms with E-state index in [0.29, 0.717) is 37.5 Å². The van der Waals surface area contributed by atoms with E-state index >= 15 is 0 Å². The van der Waals surface area contributed by atoms with Crippen molar-refractivity contribution in [3.8, 4) is 0 Å². The van der Waals surface area contributed by atoms with Gasteiger partial charge in [0.1, 0.15) is 0 Å². The molecule has 4 heteroatoms.